The lowest BCUT2D eigenvalue weighted by Crippen LogP contribution is -2.02. The van der Waals surface area contributed by atoms with E-state index in [-0.39, 0.29) is 5.97 Å². The van der Waals surface area contributed by atoms with Gasteiger partial charge in [-0.1, -0.05) is 0 Å². The average Bonchev–Trinajstić information content (AvgIpc) is 2.86. The molecule has 0 fully saturated rings. The Morgan fingerprint density at radius 1 is 1.41 bits per heavy atom. The third-order valence-corrected chi connectivity index (χ3v) is 3.01. The summed E-state index contributed by atoms with van der Waals surface area (Å²) < 4.78 is 4.58. The smallest absolute Gasteiger partial charge is 0.305 e. The van der Waals surface area contributed by atoms with Crippen LogP contribution < -0.4 is 0 Å². The van der Waals surface area contributed by atoms with E-state index in [2.05, 4.69) is 19.7 Å². The zero-order valence-corrected chi connectivity index (χ0v) is 10.1. The summed E-state index contributed by atoms with van der Waals surface area (Å²) in [5.41, 5.74) is 0.864. The van der Waals surface area contributed by atoms with E-state index in [0.29, 0.717) is 18.7 Å². The number of rotatable bonds is 4. The maximum absolute atomic E-state index is 11.0. The van der Waals surface area contributed by atoms with Crippen LogP contribution in [0.4, 0.5) is 0 Å². The van der Waals surface area contributed by atoms with Gasteiger partial charge in [0, 0.05) is 24.2 Å². The Hall–Kier alpha value is -1.82. The van der Waals surface area contributed by atoms with E-state index >= 15 is 0 Å². The average molecular weight is 249 g/mol. The first kappa shape index (κ1) is 11.7. The van der Waals surface area contributed by atoms with Gasteiger partial charge >= 0.3 is 5.97 Å². The van der Waals surface area contributed by atoms with Crippen molar-refractivity contribution in [2.24, 2.45) is 0 Å². The molecular formula is C11H11N3O2S. The van der Waals surface area contributed by atoms with Crippen LogP contribution in [0, 0.1) is 0 Å². The van der Waals surface area contributed by atoms with Gasteiger partial charge in [-0.15, -0.1) is 11.3 Å². The molecule has 2 aromatic rings. The van der Waals surface area contributed by atoms with Crippen LogP contribution in [-0.4, -0.2) is 28.0 Å². The molecule has 0 amide bonds. The highest BCUT2D eigenvalue weighted by atomic mass is 32.1. The van der Waals surface area contributed by atoms with Crippen LogP contribution in [0.3, 0.4) is 0 Å². The number of methoxy groups -OCH3 is 1. The molecule has 2 aromatic heterocycles. The van der Waals surface area contributed by atoms with Crippen molar-refractivity contribution in [2.45, 2.75) is 12.8 Å². The Morgan fingerprint density at radius 3 is 2.88 bits per heavy atom. The lowest BCUT2D eigenvalue weighted by Gasteiger charge is -1.96. The number of hydrogen-bond donors (Lipinski definition) is 0. The Morgan fingerprint density at radius 2 is 2.18 bits per heavy atom. The largest absolute Gasteiger partial charge is 0.469 e. The summed E-state index contributed by atoms with van der Waals surface area (Å²) in [6, 6.07) is 1.76. The molecule has 2 heterocycles. The Kier molecular flexibility index (Phi) is 3.77. The molecule has 5 nitrogen and oxygen atoms in total. The number of ether oxygens (including phenoxy) is 1. The number of nitrogens with zero attached hydrogens (tertiary/aromatic N) is 3. The van der Waals surface area contributed by atoms with Gasteiger partial charge < -0.3 is 4.74 Å². The molecule has 0 saturated heterocycles. The van der Waals surface area contributed by atoms with E-state index in [4.69, 9.17) is 0 Å². The maximum Gasteiger partial charge on any atom is 0.305 e. The molecule has 0 aliphatic heterocycles. The predicted octanol–water partition coefficient (Wildman–Crippen LogP) is 1.71. The SMILES string of the molecule is COC(=O)CCc1csc(-c2ncccn2)n1. The van der Waals surface area contributed by atoms with Crippen molar-refractivity contribution >= 4 is 17.3 Å². The van der Waals surface area contributed by atoms with Gasteiger partial charge in [-0.05, 0) is 6.07 Å². The van der Waals surface area contributed by atoms with Crippen LogP contribution in [0.25, 0.3) is 10.8 Å². The van der Waals surface area contributed by atoms with Gasteiger partial charge in [0.1, 0.15) is 0 Å². The summed E-state index contributed by atoms with van der Waals surface area (Å²) in [7, 11) is 1.38. The number of thiazole rings is 1. The second-order valence-electron chi connectivity index (χ2n) is 3.29. The molecule has 0 bridgehead atoms. The maximum atomic E-state index is 11.0. The van der Waals surface area contributed by atoms with Crippen LogP contribution in [0.1, 0.15) is 12.1 Å². The third kappa shape index (κ3) is 3.07. The summed E-state index contributed by atoms with van der Waals surface area (Å²) in [5, 5.41) is 2.68. The second-order valence-corrected chi connectivity index (χ2v) is 4.15. The molecule has 0 atom stereocenters. The summed E-state index contributed by atoms with van der Waals surface area (Å²) in [6.45, 7) is 0. The Bertz CT molecular complexity index is 498. The standard InChI is InChI=1S/C11H11N3O2S/c1-16-9(15)4-3-8-7-17-11(14-8)10-12-5-2-6-13-10/h2,5-7H,3-4H2,1H3. The number of carbonyl (C=O) groups is 1. The van der Waals surface area contributed by atoms with Gasteiger partial charge in [-0.25, -0.2) is 15.0 Å². The molecule has 0 aromatic carbocycles. The fourth-order valence-electron chi connectivity index (χ4n) is 1.27. The van der Waals surface area contributed by atoms with Gasteiger partial charge in [0.25, 0.3) is 0 Å². The first-order valence-electron chi connectivity index (χ1n) is 5.08. The van der Waals surface area contributed by atoms with E-state index in [9.17, 15) is 4.79 Å². The summed E-state index contributed by atoms with van der Waals surface area (Å²) in [4.78, 5) is 23.6. The molecule has 0 radical (unpaired) electrons. The fraction of sp³-hybridized carbons (Fsp3) is 0.273. The van der Waals surface area contributed by atoms with E-state index in [0.717, 1.165) is 10.7 Å². The van der Waals surface area contributed by atoms with Crippen molar-refractivity contribution in [3.63, 3.8) is 0 Å². The monoisotopic (exact) mass is 249 g/mol. The van der Waals surface area contributed by atoms with Crippen molar-refractivity contribution in [3.8, 4) is 10.8 Å². The van der Waals surface area contributed by atoms with E-state index in [1.165, 1.54) is 18.4 Å². The number of aryl methyl sites for hydroxylation is 1. The Labute approximate surface area is 103 Å². The van der Waals surface area contributed by atoms with Gasteiger partial charge in [0.05, 0.1) is 19.2 Å². The lowest BCUT2D eigenvalue weighted by atomic mass is 10.2. The minimum absolute atomic E-state index is 0.226. The van der Waals surface area contributed by atoms with Crippen molar-refractivity contribution < 1.29 is 9.53 Å². The quantitative estimate of drug-likeness (QED) is 0.772. The van der Waals surface area contributed by atoms with Crippen LogP contribution in [-0.2, 0) is 16.0 Å². The fourth-order valence-corrected chi connectivity index (χ4v) is 2.07. The zero-order valence-electron chi connectivity index (χ0n) is 9.29. The summed E-state index contributed by atoms with van der Waals surface area (Å²) in [6.07, 6.45) is 4.28. The van der Waals surface area contributed by atoms with Crippen molar-refractivity contribution in [1.82, 2.24) is 15.0 Å². The minimum Gasteiger partial charge on any atom is -0.469 e. The third-order valence-electron chi connectivity index (χ3n) is 2.12. The van der Waals surface area contributed by atoms with Gasteiger partial charge in [0.15, 0.2) is 10.8 Å². The van der Waals surface area contributed by atoms with E-state index in [1.807, 2.05) is 5.38 Å². The highest BCUT2D eigenvalue weighted by Crippen LogP contribution is 2.20. The molecule has 0 unspecified atom stereocenters. The molecule has 0 saturated carbocycles. The van der Waals surface area contributed by atoms with Crippen LogP contribution in [0.2, 0.25) is 0 Å². The first-order chi connectivity index (χ1) is 8.29. The van der Waals surface area contributed by atoms with Gasteiger partial charge in [-0.3, -0.25) is 4.79 Å². The highest BCUT2D eigenvalue weighted by molar-refractivity contribution is 7.13. The normalized spacial score (nSPS) is 10.2. The first-order valence-corrected chi connectivity index (χ1v) is 5.96. The molecule has 17 heavy (non-hydrogen) atoms. The van der Waals surface area contributed by atoms with E-state index < -0.39 is 0 Å². The molecule has 0 N–H and O–H groups in total. The second kappa shape index (κ2) is 5.49. The minimum atomic E-state index is -0.226. The molecule has 0 aliphatic carbocycles. The number of esters is 1. The topological polar surface area (TPSA) is 65.0 Å². The Balaban J connectivity index is 2.04. The van der Waals surface area contributed by atoms with Crippen LogP contribution in [0.15, 0.2) is 23.8 Å². The molecular weight excluding hydrogens is 238 g/mol. The summed E-state index contributed by atoms with van der Waals surface area (Å²) >= 11 is 1.47. The molecule has 0 aliphatic rings. The van der Waals surface area contributed by atoms with Crippen molar-refractivity contribution in [2.75, 3.05) is 7.11 Å². The number of carbonyl (C=O) groups excluding carboxylic acids is 1. The van der Waals surface area contributed by atoms with E-state index in [1.54, 1.807) is 18.5 Å². The van der Waals surface area contributed by atoms with Crippen molar-refractivity contribution in [3.05, 3.63) is 29.5 Å². The number of aromatic nitrogens is 3. The molecule has 0 spiro atoms. The lowest BCUT2D eigenvalue weighted by molar-refractivity contribution is -0.140. The highest BCUT2D eigenvalue weighted by Gasteiger charge is 2.08. The van der Waals surface area contributed by atoms with Gasteiger partial charge in [0.2, 0.25) is 0 Å². The molecule has 6 heteroatoms. The van der Waals surface area contributed by atoms with Gasteiger partial charge in [-0.2, -0.15) is 0 Å². The zero-order chi connectivity index (χ0) is 12.1. The molecule has 88 valence electrons. The predicted molar refractivity (Wildman–Crippen MR) is 63.5 cm³/mol. The van der Waals surface area contributed by atoms with Crippen LogP contribution >= 0.6 is 11.3 Å². The molecule has 2 rings (SSSR count). The summed E-state index contributed by atoms with van der Waals surface area (Å²) in [5.74, 6) is 0.386. The number of hydrogen-bond acceptors (Lipinski definition) is 6. The van der Waals surface area contributed by atoms with Crippen LogP contribution in [0.5, 0.6) is 0 Å². The van der Waals surface area contributed by atoms with Crippen molar-refractivity contribution in [1.29, 1.82) is 0 Å².